The van der Waals surface area contributed by atoms with Crippen LogP contribution in [0.2, 0.25) is 5.02 Å². The zero-order chi connectivity index (χ0) is 16.6. The van der Waals surface area contributed by atoms with E-state index in [1.54, 1.807) is 30.3 Å². The predicted molar refractivity (Wildman–Crippen MR) is 90.2 cm³/mol. The second-order valence-electron chi connectivity index (χ2n) is 5.23. The zero-order valence-corrected chi connectivity index (χ0v) is 13.3. The molecular formula is C18H12ClNO3. The maximum absolute atomic E-state index is 12.2. The molecule has 114 valence electrons. The van der Waals surface area contributed by atoms with Crippen LogP contribution in [-0.2, 0) is 4.79 Å². The number of carbonyl (C=O) groups excluding carboxylic acids is 1. The molecule has 5 heteroatoms. The van der Waals surface area contributed by atoms with E-state index in [0.29, 0.717) is 27.1 Å². The van der Waals surface area contributed by atoms with Gasteiger partial charge in [0.05, 0.1) is 0 Å². The molecular weight excluding hydrogens is 314 g/mol. The van der Waals surface area contributed by atoms with E-state index in [1.165, 1.54) is 6.08 Å². The molecule has 0 fully saturated rings. The molecule has 0 saturated carbocycles. The summed E-state index contributed by atoms with van der Waals surface area (Å²) in [6.45, 7) is 3.89. The number of fused-ring (bicyclic) bond motifs is 1. The maximum atomic E-state index is 12.2. The van der Waals surface area contributed by atoms with Crippen molar-refractivity contribution >= 4 is 34.3 Å². The van der Waals surface area contributed by atoms with Gasteiger partial charge in [-0.2, -0.15) is 4.99 Å². The molecule has 1 aromatic heterocycles. The summed E-state index contributed by atoms with van der Waals surface area (Å²) in [6, 6.07) is 10.8. The Kier molecular flexibility index (Phi) is 3.87. The first kappa shape index (κ1) is 15.2. The standard InChI is InChI=1S/C18H12ClNO3/c1-10-7-13-15(8-11(10)2)23-18(22)17(20-9-21)16(13)12-5-3-4-6-14(12)19/h3-8H,1-2H3. The molecule has 3 rings (SSSR count). The van der Waals surface area contributed by atoms with Gasteiger partial charge in [-0.3, -0.25) is 0 Å². The van der Waals surface area contributed by atoms with Crippen molar-refractivity contribution in [3.8, 4) is 11.1 Å². The normalized spacial score (nSPS) is 10.6. The van der Waals surface area contributed by atoms with Crippen LogP contribution in [0.4, 0.5) is 5.69 Å². The third-order valence-corrected chi connectivity index (χ3v) is 4.13. The lowest BCUT2D eigenvalue weighted by molar-refractivity contribution is 0.557. The van der Waals surface area contributed by atoms with Gasteiger partial charge in [0, 0.05) is 21.5 Å². The number of benzene rings is 2. The number of aliphatic imine (C=N–C) groups is 1. The van der Waals surface area contributed by atoms with Gasteiger partial charge in [-0.15, -0.1) is 0 Å². The van der Waals surface area contributed by atoms with Gasteiger partial charge in [0.25, 0.3) is 0 Å². The molecule has 0 amide bonds. The number of isocyanates is 1. The van der Waals surface area contributed by atoms with E-state index in [0.717, 1.165) is 11.1 Å². The summed E-state index contributed by atoms with van der Waals surface area (Å²) >= 11 is 6.28. The van der Waals surface area contributed by atoms with E-state index < -0.39 is 5.63 Å². The fourth-order valence-electron chi connectivity index (χ4n) is 2.53. The average Bonchev–Trinajstić information content (AvgIpc) is 2.51. The quantitative estimate of drug-likeness (QED) is 0.390. The Morgan fingerprint density at radius 1 is 1.13 bits per heavy atom. The highest BCUT2D eigenvalue weighted by Crippen LogP contribution is 2.39. The molecule has 4 nitrogen and oxygen atoms in total. The highest BCUT2D eigenvalue weighted by Gasteiger charge is 2.18. The van der Waals surface area contributed by atoms with E-state index in [1.807, 2.05) is 19.9 Å². The number of hydrogen-bond acceptors (Lipinski definition) is 4. The molecule has 3 aromatic rings. The lowest BCUT2D eigenvalue weighted by Crippen LogP contribution is -2.02. The van der Waals surface area contributed by atoms with Gasteiger partial charge in [-0.1, -0.05) is 29.8 Å². The molecule has 0 atom stereocenters. The first-order valence-electron chi connectivity index (χ1n) is 6.93. The topological polar surface area (TPSA) is 59.6 Å². The minimum absolute atomic E-state index is 0.0937. The van der Waals surface area contributed by atoms with Crippen molar-refractivity contribution in [1.29, 1.82) is 0 Å². The monoisotopic (exact) mass is 325 g/mol. The van der Waals surface area contributed by atoms with Crippen LogP contribution in [0.1, 0.15) is 11.1 Å². The summed E-state index contributed by atoms with van der Waals surface area (Å²) in [7, 11) is 0. The Morgan fingerprint density at radius 3 is 2.52 bits per heavy atom. The van der Waals surface area contributed by atoms with Gasteiger partial charge in [-0.05, 0) is 43.2 Å². The fourth-order valence-corrected chi connectivity index (χ4v) is 2.76. The molecule has 0 spiro atoms. The molecule has 23 heavy (non-hydrogen) atoms. The van der Waals surface area contributed by atoms with Gasteiger partial charge < -0.3 is 4.42 Å². The highest BCUT2D eigenvalue weighted by atomic mass is 35.5. The second-order valence-corrected chi connectivity index (χ2v) is 5.64. The lowest BCUT2D eigenvalue weighted by Gasteiger charge is -2.11. The van der Waals surface area contributed by atoms with Gasteiger partial charge in [0.2, 0.25) is 6.08 Å². The Hall–Kier alpha value is -2.68. The van der Waals surface area contributed by atoms with Crippen LogP contribution in [0.15, 0.2) is 50.6 Å². The van der Waals surface area contributed by atoms with Crippen molar-refractivity contribution in [2.24, 2.45) is 4.99 Å². The van der Waals surface area contributed by atoms with Crippen LogP contribution in [0.5, 0.6) is 0 Å². The Bertz CT molecular complexity index is 1030. The molecule has 0 unspecified atom stereocenters. The van der Waals surface area contributed by atoms with Gasteiger partial charge in [-0.25, -0.2) is 9.59 Å². The third kappa shape index (κ3) is 2.59. The van der Waals surface area contributed by atoms with Gasteiger partial charge >= 0.3 is 5.63 Å². The minimum atomic E-state index is -0.695. The predicted octanol–water partition coefficient (Wildman–Crippen LogP) is 4.70. The van der Waals surface area contributed by atoms with E-state index in [4.69, 9.17) is 16.0 Å². The van der Waals surface area contributed by atoms with Crippen molar-refractivity contribution in [3.05, 3.63) is 63.0 Å². The highest BCUT2D eigenvalue weighted by molar-refractivity contribution is 6.34. The summed E-state index contributed by atoms with van der Waals surface area (Å²) < 4.78 is 5.31. The number of nitrogens with zero attached hydrogens (tertiary/aromatic N) is 1. The molecule has 0 radical (unpaired) electrons. The zero-order valence-electron chi connectivity index (χ0n) is 12.5. The van der Waals surface area contributed by atoms with Crippen LogP contribution in [0.3, 0.4) is 0 Å². The largest absolute Gasteiger partial charge is 0.421 e. The Balaban J connectivity index is 2.57. The van der Waals surface area contributed by atoms with E-state index in [-0.39, 0.29) is 5.69 Å². The third-order valence-electron chi connectivity index (χ3n) is 3.80. The molecule has 0 aliphatic carbocycles. The SMILES string of the molecule is Cc1cc2oc(=O)c(N=C=O)c(-c3ccccc3Cl)c2cc1C. The smallest absolute Gasteiger partial charge is 0.363 e. The molecule has 1 heterocycles. The maximum Gasteiger partial charge on any atom is 0.363 e. The fraction of sp³-hybridized carbons (Fsp3) is 0.111. The first-order valence-corrected chi connectivity index (χ1v) is 7.31. The van der Waals surface area contributed by atoms with Gasteiger partial charge in [0.15, 0.2) is 5.69 Å². The van der Waals surface area contributed by atoms with Crippen molar-refractivity contribution in [1.82, 2.24) is 0 Å². The van der Waals surface area contributed by atoms with E-state index in [2.05, 4.69) is 4.99 Å². The van der Waals surface area contributed by atoms with Crippen molar-refractivity contribution < 1.29 is 9.21 Å². The Morgan fingerprint density at radius 2 is 1.83 bits per heavy atom. The number of rotatable bonds is 2. The van der Waals surface area contributed by atoms with Crippen molar-refractivity contribution in [3.63, 3.8) is 0 Å². The van der Waals surface area contributed by atoms with E-state index >= 15 is 0 Å². The van der Waals surface area contributed by atoms with Gasteiger partial charge in [0.1, 0.15) is 5.58 Å². The summed E-state index contributed by atoms with van der Waals surface area (Å²) in [5.74, 6) is 0. The average molecular weight is 326 g/mol. The van der Waals surface area contributed by atoms with Crippen LogP contribution < -0.4 is 5.63 Å². The minimum Gasteiger partial charge on any atom is -0.421 e. The van der Waals surface area contributed by atoms with Crippen LogP contribution >= 0.6 is 11.6 Å². The molecule has 0 saturated heterocycles. The molecule has 0 aliphatic heterocycles. The molecule has 0 aliphatic rings. The van der Waals surface area contributed by atoms with Crippen molar-refractivity contribution in [2.45, 2.75) is 13.8 Å². The van der Waals surface area contributed by atoms with Crippen molar-refractivity contribution in [2.75, 3.05) is 0 Å². The summed E-state index contributed by atoms with van der Waals surface area (Å²) in [4.78, 5) is 26.5. The summed E-state index contributed by atoms with van der Waals surface area (Å²) in [5.41, 5.74) is 2.76. The van der Waals surface area contributed by atoms with Crippen LogP contribution in [0, 0.1) is 13.8 Å². The molecule has 0 N–H and O–H groups in total. The van der Waals surface area contributed by atoms with Crippen LogP contribution in [-0.4, -0.2) is 6.08 Å². The van der Waals surface area contributed by atoms with E-state index in [9.17, 15) is 9.59 Å². The first-order chi connectivity index (χ1) is 11.0. The lowest BCUT2D eigenvalue weighted by atomic mass is 9.97. The number of aryl methyl sites for hydroxylation is 2. The summed E-state index contributed by atoms with van der Waals surface area (Å²) in [5, 5.41) is 1.13. The molecule has 0 bridgehead atoms. The summed E-state index contributed by atoms with van der Waals surface area (Å²) in [6.07, 6.45) is 1.42. The van der Waals surface area contributed by atoms with Crippen LogP contribution in [0.25, 0.3) is 22.1 Å². The Labute approximate surface area is 137 Å². The number of hydrogen-bond donors (Lipinski definition) is 0. The molecule has 2 aromatic carbocycles. The second kappa shape index (κ2) is 5.84. The number of halogens is 1.